The lowest BCUT2D eigenvalue weighted by Crippen LogP contribution is -2.64. The predicted octanol–water partition coefficient (Wildman–Crippen LogP) is 2.36. The lowest BCUT2D eigenvalue weighted by atomic mass is 9.47. The number of amides is 1. The summed E-state index contributed by atoms with van der Waals surface area (Å²) in [6, 6.07) is -1.20. The van der Waals surface area contributed by atoms with Crippen molar-refractivity contribution >= 4 is 17.8 Å². The first-order valence-corrected chi connectivity index (χ1v) is 8.37. The van der Waals surface area contributed by atoms with Crippen LogP contribution in [0.4, 0.5) is 4.79 Å². The van der Waals surface area contributed by atoms with Gasteiger partial charge in [0, 0.05) is 5.92 Å². The zero-order chi connectivity index (χ0) is 17.0. The topological polar surface area (TPSA) is 92.7 Å². The van der Waals surface area contributed by atoms with Crippen molar-refractivity contribution in [1.29, 1.82) is 0 Å². The lowest BCUT2D eigenvalue weighted by Gasteiger charge is -2.56. The number of ketones is 1. The number of rotatable bonds is 3. The molecule has 0 aromatic heterocycles. The van der Waals surface area contributed by atoms with Gasteiger partial charge in [-0.25, -0.2) is 9.59 Å². The summed E-state index contributed by atoms with van der Waals surface area (Å²) >= 11 is 0. The first kappa shape index (κ1) is 16.3. The van der Waals surface area contributed by atoms with Crippen molar-refractivity contribution in [2.75, 3.05) is 0 Å². The van der Waals surface area contributed by atoms with Crippen LogP contribution in [0.5, 0.6) is 0 Å². The summed E-state index contributed by atoms with van der Waals surface area (Å²) in [5.41, 5.74) is -1.66. The Balaban J connectivity index is 1.84. The van der Waals surface area contributed by atoms with Crippen LogP contribution in [0.25, 0.3) is 0 Å². The summed E-state index contributed by atoms with van der Waals surface area (Å²) in [4.78, 5) is 36.8. The van der Waals surface area contributed by atoms with Gasteiger partial charge in [-0.1, -0.05) is 0 Å². The second kappa shape index (κ2) is 5.21. The summed E-state index contributed by atoms with van der Waals surface area (Å²) in [6.07, 6.45) is 3.24. The molecule has 0 saturated heterocycles. The van der Waals surface area contributed by atoms with Gasteiger partial charge in [0.2, 0.25) is 0 Å². The average molecular weight is 323 g/mol. The van der Waals surface area contributed by atoms with Crippen LogP contribution in [0, 0.1) is 23.2 Å². The molecule has 128 valence electrons. The standard InChI is InChI=1S/C17H25NO5/c1-16(2,3)23-15(22)18-12(14(20)21)17-7-9-4-10(8-17)6-11(5-9)13(17)19/h9-12H,4-8H2,1-3H3,(H,18,22)(H,20,21)/t9-,10+,11?,12-,17?/m1/s1. The van der Waals surface area contributed by atoms with Crippen molar-refractivity contribution in [3.05, 3.63) is 0 Å². The Morgan fingerprint density at radius 2 is 1.78 bits per heavy atom. The second-order valence-corrected chi connectivity index (χ2v) is 8.48. The van der Waals surface area contributed by atoms with Crippen LogP contribution in [0.2, 0.25) is 0 Å². The second-order valence-electron chi connectivity index (χ2n) is 8.48. The number of carbonyl (C=O) groups is 3. The van der Waals surface area contributed by atoms with Crippen molar-refractivity contribution in [2.45, 2.75) is 64.5 Å². The first-order valence-electron chi connectivity index (χ1n) is 8.37. The molecule has 2 unspecified atom stereocenters. The Morgan fingerprint density at radius 3 is 2.26 bits per heavy atom. The maximum absolute atomic E-state index is 12.9. The van der Waals surface area contributed by atoms with Crippen molar-refractivity contribution < 1.29 is 24.2 Å². The van der Waals surface area contributed by atoms with E-state index >= 15 is 0 Å². The van der Waals surface area contributed by atoms with E-state index in [1.165, 1.54) is 0 Å². The molecule has 4 aliphatic rings. The summed E-state index contributed by atoms with van der Waals surface area (Å²) in [7, 11) is 0. The molecule has 0 aromatic rings. The minimum Gasteiger partial charge on any atom is -0.480 e. The minimum atomic E-state index is -1.20. The Morgan fingerprint density at radius 1 is 1.22 bits per heavy atom. The first-order chi connectivity index (χ1) is 10.6. The molecule has 6 nitrogen and oxygen atoms in total. The van der Waals surface area contributed by atoms with E-state index in [0.717, 1.165) is 19.3 Å². The third-order valence-corrected chi connectivity index (χ3v) is 5.53. The van der Waals surface area contributed by atoms with Gasteiger partial charge >= 0.3 is 12.1 Å². The fourth-order valence-corrected chi connectivity index (χ4v) is 5.07. The number of carboxylic acid groups (broad SMARTS) is 1. The number of nitrogens with one attached hydrogen (secondary N) is 1. The Labute approximate surface area is 136 Å². The van der Waals surface area contributed by atoms with Gasteiger partial charge in [0.15, 0.2) is 0 Å². The molecule has 4 aliphatic carbocycles. The van der Waals surface area contributed by atoms with Crippen LogP contribution in [0.3, 0.4) is 0 Å². The fourth-order valence-electron chi connectivity index (χ4n) is 5.07. The van der Waals surface area contributed by atoms with E-state index in [1.807, 2.05) is 0 Å². The number of Topliss-reactive ketones (excluding diaryl/α,β-unsaturated/α-hetero) is 1. The maximum atomic E-state index is 12.9. The lowest BCUT2D eigenvalue weighted by molar-refractivity contribution is -0.165. The highest BCUT2D eigenvalue weighted by Crippen LogP contribution is 2.59. The number of alkyl carbamates (subject to hydrolysis) is 1. The van der Waals surface area contributed by atoms with E-state index in [2.05, 4.69) is 5.32 Å². The smallest absolute Gasteiger partial charge is 0.408 e. The summed E-state index contributed by atoms with van der Waals surface area (Å²) in [5, 5.41) is 12.2. The van der Waals surface area contributed by atoms with E-state index in [9.17, 15) is 19.5 Å². The number of hydrogen-bond acceptors (Lipinski definition) is 4. The van der Waals surface area contributed by atoms with Crippen LogP contribution in [-0.4, -0.2) is 34.6 Å². The molecule has 0 spiro atoms. The van der Waals surface area contributed by atoms with Gasteiger partial charge in [-0.3, -0.25) is 4.79 Å². The third-order valence-electron chi connectivity index (χ3n) is 5.53. The zero-order valence-electron chi connectivity index (χ0n) is 13.9. The van der Waals surface area contributed by atoms with E-state index in [0.29, 0.717) is 24.7 Å². The van der Waals surface area contributed by atoms with Crippen LogP contribution in [-0.2, 0) is 14.3 Å². The molecule has 23 heavy (non-hydrogen) atoms. The molecule has 6 heteroatoms. The molecule has 4 fully saturated rings. The monoisotopic (exact) mass is 323 g/mol. The number of carbonyl (C=O) groups excluding carboxylic acids is 2. The predicted molar refractivity (Wildman–Crippen MR) is 81.8 cm³/mol. The summed E-state index contributed by atoms with van der Waals surface area (Å²) < 4.78 is 5.19. The van der Waals surface area contributed by atoms with E-state index < -0.39 is 29.1 Å². The number of hydrogen-bond donors (Lipinski definition) is 2. The van der Waals surface area contributed by atoms with Gasteiger partial charge in [-0.15, -0.1) is 0 Å². The number of ether oxygens (including phenoxy) is 1. The molecule has 4 bridgehead atoms. The molecule has 4 saturated carbocycles. The molecule has 5 atom stereocenters. The molecular formula is C17H25NO5. The SMILES string of the molecule is CC(C)(C)OC(=O)N[C@H](C(=O)O)C12C[C@@H]3CC(C[C@@H](C3)C1)C2=O. The van der Waals surface area contributed by atoms with Crippen LogP contribution in [0.1, 0.15) is 52.9 Å². The highest BCUT2D eigenvalue weighted by molar-refractivity contribution is 5.96. The van der Waals surface area contributed by atoms with E-state index in [4.69, 9.17) is 4.74 Å². The fraction of sp³-hybridized carbons (Fsp3) is 0.824. The Kier molecular flexibility index (Phi) is 3.69. The van der Waals surface area contributed by atoms with Crippen molar-refractivity contribution in [2.24, 2.45) is 23.2 Å². The average Bonchev–Trinajstić information content (AvgIpc) is 2.38. The van der Waals surface area contributed by atoms with Gasteiger partial charge in [0.25, 0.3) is 0 Å². The molecule has 1 amide bonds. The van der Waals surface area contributed by atoms with Crippen molar-refractivity contribution in [3.8, 4) is 0 Å². The quantitative estimate of drug-likeness (QED) is 0.831. The van der Waals surface area contributed by atoms with Gasteiger partial charge < -0.3 is 15.2 Å². The van der Waals surface area contributed by atoms with E-state index in [1.54, 1.807) is 20.8 Å². The van der Waals surface area contributed by atoms with Gasteiger partial charge in [-0.05, 0) is 64.7 Å². The van der Waals surface area contributed by atoms with Gasteiger partial charge in [0.1, 0.15) is 17.4 Å². The molecule has 0 aliphatic heterocycles. The normalized spacial score (nSPS) is 36.7. The summed E-state index contributed by atoms with van der Waals surface area (Å²) in [6.45, 7) is 5.16. The van der Waals surface area contributed by atoms with Crippen LogP contribution >= 0.6 is 0 Å². The Hall–Kier alpha value is -1.59. The van der Waals surface area contributed by atoms with Crippen molar-refractivity contribution in [3.63, 3.8) is 0 Å². The van der Waals surface area contributed by atoms with Gasteiger partial charge in [0.05, 0.1) is 5.41 Å². The molecule has 0 aromatic carbocycles. The molecule has 2 N–H and O–H groups in total. The third kappa shape index (κ3) is 2.83. The zero-order valence-corrected chi connectivity index (χ0v) is 13.9. The largest absolute Gasteiger partial charge is 0.480 e. The maximum Gasteiger partial charge on any atom is 0.408 e. The van der Waals surface area contributed by atoms with Crippen LogP contribution < -0.4 is 5.32 Å². The highest BCUT2D eigenvalue weighted by atomic mass is 16.6. The van der Waals surface area contributed by atoms with Crippen molar-refractivity contribution in [1.82, 2.24) is 5.32 Å². The summed E-state index contributed by atoms with van der Waals surface area (Å²) in [5.74, 6) is -0.317. The minimum absolute atomic E-state index is 0.0245. The number of carboxylic acids is 1. The Bertz CT molecular complexity index is 536. The highest BCUT2D eigenvalue weighted by Gasteiger charge is 2.62. The van der Waals surface area contributed by atoms with Crippen LogP contribution in [0.15, 0.2) is 0 Å². The molecule has 0 heterocycles. The van der Waals surface area contributed by atoms with Gasteiger partial charge in [-0.2, -0.15) is 0 Å². The molecular weight excluding hydrogens is 298 g/mol. The van der Waals surface area contributed by atoms with E-state index in [-0.39, 0.29) is 11.7 Å². The number of aliphatic carboxylic acids is 1. The molecule has 4 rings (SSSR count). The molecule has 0 radical (unpaired) electrons.